The quantitative estimate of drug-likeness (QED) is 0.845. The van der Waals surface area contributed by atoms with Gasteiger partial charge in [0.2, 0.25) is 0 Å². The lowest BCUT2D eigenvalue weighted by Crippen LogP contribution is -2.93. The minimum atomic E-state index is -0.724. The van der Waals surface area contributed by atoms with Gasteiger partial charge in [-0.3, -0.25) is 10.1 Å². The molecule has 1 aromatic carbocycles. The molecule has 0 aromatic heterocycles. The van der Waals surface area contributed by atoms with Gasteiger partial charge in [0.05, 0.1) is 7.11 Å². The van der Waals surface area contributed by atoms with Crippen LogP contribution in [0.25, 0.3) is 0 Å². The normalized spacial score (nSPS) is 13.7. The van der Waals surface area contributed by atoms with E-state index >= 15 is 0 Å². The first-order valence-electron chi connectivity index (χ1n) is 8.09. The maximum Gasteiger partial charge on any atom is 0.413 e. The van der Waals surface area contributed by atoms with Crippen molar-refractivity contribution in [3.05, 3.63) is 35.4 Å². The van der Waals surface area contributed by atoms with Crippen molar-refractivity contribution in [1.82, 2.24) is 5.32 Å². The van der Waals surface area contributed by atoms with E-state index in [-0.39, 0.29) is 18.0 Å². The summed E-state index contributed by atoms with van der Waals surface area (Å²) in [6.45, 7) is 10.4. The number of amides is 2. The number of ether oxygens (including phenoxy) is 1. The van der Waals surface area contributed by atoms with Crippen LogP contribution in [0.3, 0.4) is 0 Å². The fourth-order valence-electron chi connectivity index (χ4n) is 2.49. The number of carbonyl (C=O) groups excluding carboxylic acids is 2. The molecule has 0 heterocycles. The predicted molar refractivity (Wildman–Crippen MR) is 90.0 cm³/mol. The maximum absolute atomic E-state index is 12.0. The zero-order chi connectivity index (χ0) is 17.6. The molecule has 3 N–H and O–H groups in total. The van der Waals surface area contributed by atoms with Crippen LogP contribution in [0.5, 0.6) is 0 Å². The van der Waals surface area contributed by atoms with Crippen molar-refractivity contribution in [2.45, 2.75) is 52.6 Å². The number of rotatable bonds is 6. The fourth-order valence-corrected chi connectivity index (χ4v) is 2.49. The SMILES string of the molecule is COC(=O)NC(=O)[C@H](C)[NH2+][C@@H](c1ccc(C(C)C)cc1)C(C)C. The van der Waals surface area contributed by atoms with Gasteiger partial charge in [-0.05, 0) is 18.4 Å². The Balaban J connectivity index is 2.82. The number of imide groups is 1. The maximum atomic E-state index is 12.0. The molecule has 5 nitrogen and oxygen atoms in total. The number of hydrogen-bond donors (Lipinski definition) is 2. The van der Waals surface area contributed by atoms with E-state index < -0.39 is 6.09 Å². The van der Waals surface area contributed by atoms with Crippen LogP contribution in [0, 0.1) is 5.92 Å². The van der Waals surface area contributed by atoms with Crippen molar-refractivity contribution in [2.75, 3.05) is 7.11 Å². The van der Waals surface area contributed by atoms with E-state index in [0.717, 1.165) is 0 Å². The van der Waals surface area contributed by atoms with Crippen LogP contribution >= 0.6 is 0 Å². The largest absolute Gasteiger partial charge is 0.453 e. The van der Waals surface area contributed by atoms with Gasteiger partial charge in [0.25, 0.3) is 5.91 Å². The molecule has 0 bridgehead atoms. The molecule has 5 heteroatoms. The van der Waals surface area contributed by atoms with Crippen molar-refractivity contribution in [3.63, 3.8) is 0 Å². The molecule has 0 aliphatic carbocycles. The van der Waals surface area contributed by atoms with Gasteiger partial charge in [-0.1, -0.05) is 52.0 Å². The highest BCUT2D eigenvalue weighted by Crippen LogP contribution is 2.21. The van der Waals surface area contributed by atoms with Crippen LogP contribution in [0.15, 0.2) is 24.3 Å². The molecule has 128 valence electrons. The first-order valence-corrected chi connectivity index (χ1v) is 8.09. The van der Waals surface area contributed by atoms with Gasteiger partial charge in [0.15, 0.2) is 6.04 Å². The van der Waals surface area contributed by atoms with E-state index in [2.05, 4.69) is 62.0 Å². The Bertz CT molecular complexity index is 524. The number of hydrogen-bond acceptors (Lipinski definition) is 3. The molecule has 0 radical (unpaired) electrons. The zero-order valence-corrected chi connectivity index (χ0v) is 14.9. The lowest BCUT2D eigenvalue weighted by Gasteiger charge is -2.23. The summed E-state index contributed by atoms with van der Waals surface area (Å²) in [6, 6.07) is 8.30. The third kappa shape index (κ3) is 5.67. The van der Waals surface area contributed by atoms with Crippen LogP contribution in [-0.2, 0) is 9.53 Å². The molecule has 0 fully saturated rings. The van der Waals surface area contributed by atoms with Crippen molar-refractivity contribution in [2.24, 2.45) is 5.92 Å². The van der Waals surface area contributed by atoms with Crippen LogP contribution in [0.2, 0.25) is 0 Å². The second-order valence-electron chi connectivity index (χ2n) is 6.55. The molecule has 0 saturated heterocycles. The summed E-state index contributed by atoms with van der Waals surface area (Å²) in [5.41, 5.74) is 2.48. The van der Waals surface area contributed by atoms with E-state index in [0.29, 0.717) is 11.8 Å². The van der Waals surface area contributed by atoms with Crippen molar-refractivity contribution >= 4 is 12.0 Å². The minimum absolute atomic E-state index is 0.148. The van der Waals surface area contributed by atoms with Gasteiger partial charge < -0.3 is 10.1 Å². The van der Waals surface area contributed by atoms with Gasteiger partial charge in [0, 0.05) is 11.5 Å². The van der Waals surface area contributed by atoms with Crippen LogP contribution in [-0.4, -0.2) is 25.2 Å². The molecular formula is C18H29N2O3+. The molecule has 2 atom stereocenters. The number of nitrogens with two attached hydrogens (primary N) is 1. The van der Waals surface area contributed by atoms with Crippen LogP contribution < -0.4 is 10.6 Å². The predicted octanol–water partition coefficient (Wildman–Crippen LogP) is 2.34. The van der Waals surface area contributed by atoms with Crippen molar-refractivity contribution in [3.8, 4) is 0 Å². The highest BCUT2D eigenvalue weighted by Gasteiger charge is 2.26. The highest BCUT2D eigenvalue weighted by atomic mass is 16.5. The molecule has 0 spiro atoms. The monoisotopic (exact) mass is 321 g/mol. The number of benzene rings is 1. The fraction of sp³-hybridized carbons (Fsp3) is 0.556. The van der Waals surface area contributed by atoms with Gasteiger partial charge in [-0.2, -0.15) is 0 Å². The van der Waals surface area contributed by atoms with Crippen LogP contribution in [0.4, 0.5) is 4.79 Å². The Morgan fingerprint density at radius 2 is 1.52 bits per heavy atom. The molecule has 0 aliphatic rings. The summed E-state index contributed by atoms with van der Waals surface area (Å²) in [6.07, 6.45) is -0.724. The van der Waals surface area contributed by atoms with Crippen LogP contribution in [0.1, 0.15) is 57.7 Å². The Hall–Kier alpha value is -1.88. The molecule has 23 heavy (non-hydrogen) atoms. The van der Waals surface area contributed by atoms with E-state index in [1.807, 2.05) is 5.32 Å². The standard InChI is InChI=1S/C18H28N2O3/c1-11(2)14-7-9-15(10-8-14)16(12(3)4)19-13(5)17(21)20-18(22)23-6/h7-13,16,19H,1-6H3,(H,20,21,22)/p+1/t13-,16+/m0/s1. The number of methoxy groups -OCH3 is 1. The van der Waals surface area contributed by atoms with E-state index in [1.165, 1.54) is 18.2 Å². The number of alkyl carbamates (subject to hydrolysis) is 1. The van der Waals surface area contributed by atoms with E-state index in [4.69, 9.17) is 0 Å². The van der Waals surface area contributed by atoms with Gasteiger partial charge in [0.1, 0.15) is 6.04 Å². The average Bonchev–Trinajstić information content (AvgIpc) is 2.51. The first-order chi connectivity index (χ1) is 10.8. The molecule has 2 amide bonds. The van der Waals surface area contributed by atoms with Crippen molar-refractivity contribution < 1.29 is 19.6 Å². The molecule has 0 aliphatic heterocycles. The lowest BCUT2D eigenvalue weighted by molar-refractivity contribution is -0.719. The minimum Gasteiger partial charge on any atom is -0.453 e. The molecular weight excluding hydrogens is 292 g/mol. The lowest BCUT2D eigenvalue weighted by atomic mass is 9.93. The molecule has 0 unspecified atom stereocenters. The Labute approximate surface area is 138 Å². The molecule has 0 saturated carbocycles. The molecule has 1 rings (SSSR count). The second kappa shape index (κ2) is 8.67. The number of carbonyl (C=O) groups is 2. The first kappa shape index (κ1) is 19.2. The summed E-state index contributed by atoms with van der Waals surface area (Å²) in [7, 11) is 1.24. The summed E-state index contributed by atoms with van der Waals surface area (Å²) >= 11 is 0. The van der Waals surface area contributed by atoms with Gasteiger partial charge >= 0.3 is 6.09 Å². The number of nitrogens with one attached hydrogen (secondary N) is 1. The third-order valence-corrected chi connectivity index (χ3v) is 4.03. The number of quaternary nitrogens is 1. The summed E-state index contributed by atoms with van der Waals surface area (Å²) in [4.78, 5) is 23.2. The molecule has 1 aromatic rings. The smallest absolute Gasteiger partial charge is 0.413 e. The van der Waals surface area contributed by atoms with E-state index in [1.54, 1.807) is 6.92 Å². The summed E-state index contributed by atoms with van der Waals surface area (Å²) in [5, 5.41) is 4.21. The Kier molecular flexibility index (Phi) is 7.23. The summed E-state index contributed by atoms with van der Waals surface area (Å²) in [5.74, 6) is 0.505. The van der Waals surface area contributed by atoms with E-state index in [9.17, 15) is 9.59 Å². The second-order valence-corrected chi connectivity index (χ2v) is 6.55. The zero-order valence-electron chi connectivity index (χ0n) is 14.9. The Morgan fingerprint density at radius 1 is 1.00 bits per heavy atom. The van der Waals surface area contributed by atoms with Gasteiger partial charge in [-0.15, -0.1) is 0 Å². The highest BCUT2D eigenvalue weighted by molar-refractivity contribution is 5.93. The average molecular weight is 321 g/mol. The van der Waals surface area contributed by atoms with Gasteiger partial charge in [-0.25, -0.2) is 4.79 Å². The summed E-state index contributed by atoms with van der Waals surface area (Å²) < 4.78 is 4.46. The van der Waals surface area contributed by atoms with Crippen molar-refractivity contribution in [1.29, 1.82) is 0 Å². The third-order valence-electron chi connectivity index (χ3n) is 4.03. The Morgan fingerprint density at radius 3 is 1.96 bits per heavy atom. The topological polar surface area (TPSA) is 72.0 Å².